The maximum atomic E-state index is 13.6. The Morgan fingerprint density at radius 2 is 1.73 bits per heavy atom. The molecule has 1 heterocycles. The van der Waals surface area contributed by atoms with Crippen LogP contribution in [0.4, 0.5) is 13.2 Å². The molecule has 1 aromatic heterocycles. The summed E-state index contributed by atoms with van der Waals surface area (Å²) in [6.07, 6.45) is -4.11. The summed E-state index contributed by atoms with van der Waals surface area (Å²) < 4.78 is 46.1. The second-order valence-corrected chi connectivity index (χ2v) is 6.80. The summed E-state index contributed by atoms with van der Waals surface area (Å²) in [7, 11) is 0. The molecule has 1 unspecified atom stereocenters. The number of nitrogens with one attached hydrogen (secondary N) is 1. The van der Waals surface area contributed by atoms with E-state index >= 15 is 0 Å². The van der Waals surface area contributed by atoms with E-state index in [2.05, 4.69) is 15.2 Å². The van der Waals surface area contributed by atoms with Crippen LogP contribution in [0, 0.1) is 0 Å². The summed E-state index contributed by atoms with van der Waals surface area (Å²) in [5.41, 5.74) is 3.89. The fraction of sp³-hybridized carbons (Fsp3) is 0.182. The molecule has 0 fully saturated rings. The smallest absolute Gasteiger partial charge is 0.434 e. The van der Waals surface area contributed by atoms with Gasteiger partial charge in [0, 0.05) is 5.56 Å². The van der Waals surface area contributed by atoms with Gasteiger partial charge in [0.05, 0.1) is 18.5 Å². The van der Waals surface area contributed by atoms with E-state index in [1.54, 1.807) is 30.3 Å². The molecule has 11 heteroatoms. The van der Waals surface area contributed by atoms with Gasteiger partial charge in [-0.3, -0.25) is 9.59 Å². The highest BCUT2D eigenvalue weighted by Crippen LogP contribution is 2.34. The number of aromatic nitrogens is 2. The summed E-state index contributed by atoms with van der Waals surface area (Å²) in [6, 6.07) is 12.2. The molecule has 0 aliphatic rings. The number of carbonyl (C=O) groups excluding carboxylic acids is 3. The molecule has 33 heavy (non-hydrogen) atoms. The van der Waals surface area contributed by atoms with Crippen molar-refractivity contribution < 1.29 is 32.3 Å². The number of primary amides is 1. The molecule has 2 aromatic carbocycles. The van der Waals surface area contributed by atoms with Gasteiger partial charge in [-0.05, 0) is 36.8 Å². The fourth-order valence-electron chi connectivity index (χ4n) is 3.11. The molecule has 172 valence electrons. The molecule has 0 bridgehead atoms. The normalized spacial score (nSPS) is 12.1. The zero-order valence-corrected chi connectivity index (χ0v) is 17.3. The van der Waals surface area contributed by atoms with Crippen LogP contribution in [-0.4, -0.2) is 34.2 Å². The highest BCUT2D eigenvalue weighted by Gasteiger charge is 2.41. The van der Waals surface area contributed by atoms with Crippen LogP contribution >= 0.6 is 0 Å². The summed E-state index contributed by atoms with van der Waals surface area (Å²) in [6.45, 7) is 1.38. The number of alkyl halides is 3. The maximum absolute atomic E-state index is 13.6. The van der Waals surface area contributed by atoms with Crippen molar-refractivity contribution in [1.82, 2.24) is 15.1 Å². The molecule has 0 radical (unpaired) electrons. The number of esters is 1. The van der Waals surface area contributed by atoms with Gasteiger partial charge in [0.25, 0.3) is 5.91 Å². The fourth-order valence-corrected chi connectivity index (χ4v) is 3.11. The van der Waals surface area contributed by atoms with Gasteiger partial charge in [-0.1, -0.05) is 30.3 Å². The number of hydrogen-bond acceptors (Lipinski definition) is 5. The molecule has 3 N–H and O–H groups in total. The first-order valence-corrected chi connectivity index (χ1v) is 9.71. The van der Waals surface area contributed by atoms with Crippen LogP contribution in [0.5, 0.6) is 0 Å². The number of carbonyl (C=O) groups is 3. The second kappa shape index (κ2) is 9.55. The third-order valence-electron chi connectivity index (χ3n) is 4.60. The molecule has 3 rings (SSSR count). The van der Waals surface area contributed by atoms with Crippen molar-refractivity contribution in [3.8, 4) is 5.69 Å². The van der Waals surface area contributed by atoms with Gasteiger partial charge in [0.2, 0.25) is 5.91 Å². The SMILES string of the molecule is CCOC(=O)c1cnn(-c2ccc(C(=O)NC(C(N)=O)c3ccccc3)cc2)c1C(F)(F)F. The van der Waals surface area contributed by atoms with Crippen LogP contribution in [0.25, 0.3) is 5.69 Å². The Morgan fingerprint density at radius 1 is 1.09 bits per heavy atom. The molecular weight excluding hydrogens is 441 g/mol. The van der Waals surface area contributed by atoms with Crippen molar-refractivity contribution in [2.24, 2.45) is 5.73 Å². The highest BCUT2D eigenvalue weighted by atomic mass is 19.4. The number of hydrogen-bond donors (Lipinski definition) is 2. The number of halogens is 3. The topological polar surface area (TPSA) is 116 Å². The van der Waals surface area contributed by atoms with Crippen molar-refractivity contribution >= 4 is 17.8 Å². The number of amides is 2. The van der Waals surface area contributed by atoms with E-state index in [0.29, 0.717) is 10.2 Å². The minimum absolute atomic E-state index is 0.0380. The molecule has 0 saturated carbocycles. The average molecular weight is 460 g/mol. The van der Waals surface area contributed by atoms with Crippen LogP contribution in [0.3, 0.4) is 0 Å². The van der Waals surface area contributed by atoms with E-state index in [-0.39, 0.29) is 17.9 Å². The Balaban J connectivity index is 1.88. The minimum atomic E-state index is -4.89. The monoisotopic (exact) mass is 460 g/mol. The molecule has 0 spiro atoms. The van der Waals surface area contributed by atoms with Gasteiger partial charge in [-0.15, -0.1) is 0 Å². The van der Waals surface area contributed by atoms with Gasteiger partial charge in [0.1, 0.15) is 11.6 Å². The third kappa shape index (κ3) is 5.20. The Morgan fingerprint density at radius 3 is 2.27 bits per heavy atom. The predicted octanol–water partition coefficient (Wildman–Crippen LogP) is 3.02. The Bertz CT molecular complexity index is 1160. The highest BCUT2D eigenvalue weighted by molar-refractivity contribution is 5.97. The van der Waals surface area contributed by atoms with E-state index in [1.165, 1.54) is 31.2 Å². The molecular formula is C22H19F3N4O4. The van der Waals surface area contributed by atoms with Crippen molar-refractivity contribution in [2.45, 2.75) is 19.1 Å². The first kappa shape index (κ1) is 23.5. The van der Waals surface area contributed by atoms with Crippen LogP contribution in [0.2, 0.25) is 0 Å². The van der Waals surface area contributed by atoms with Crippen LogP contribution < -0.4 is 11.1 Å². The molecule has 0 saturated heterocycles. The zero-order valence-electron chi connectivity index (χ0n) is 17.3. The number of rotatable bonds is 7. The zero-order chi connectivity index (χ0) is 24.2. The van der Waals surface area contributed by atoms with Crippen LogP contribution in [-0.2, 0) is 15.7 Å². The molecule has 0 aliphatic heterocycles. The van der Waals surface area contributed by atoms with Gasteiger partial charge in [-0.25, -0.2) is 9.48 Å². The molecule has 3 aromatic rings. The standard InChI is InChI=1S/C22H19F3N4O4/c1-2-33-21(32)16-12-27-29(18(16)22(23,24)25)15-10-8-14(9-11-15)20(31)28-17(19(26)30)13-6-4-3-5-7-13/h3-12,17H,2H2,1H3,(H2,26,30)(H,28,31). The largest absolute Gasteiger partial charge is 0.462 e. The maximum Gasteiger partial charge on any atom is 0.434 e. The average Bonchev–Trinajstić information content (AvgIpc) is 3.24. The quantitative estimate of drug-likeness (QED) is 0.526. The van der Waals surface area contributed by atoms with E-state index < -0.39 is 41.3 Å². The summed E-state index contributed by atoms with van der Waals surface area (Å²) in [5.74, 6) is -2.58. The second-order valence-electron chi connectivity index (χ2n) is 6.80. The lowest BCUT2D eigenvalue weighted by Crippen LogP contribution is -2.37. The summed E-state index contributed by atoms with van der Waals surface area (Å²) >= 11 is 0. The predicted molar refractivity (Wildman–Crippen MR) is 110 cm³/mol. The van der Waals surface area contributed by atoms with Crippen LogP contribution in [0.15, 0.2) is 60.8 Å². The Hall–Kier alpha value is -4.15. The molecule has 1 atom stereocenters. The number of nitrogens with two attached hydrogens (primary N) is 1. The van der Waals surface area contributed by atoms with Gasteiger partial charge >= 0.3 is 12.1 Å². The first-order chi connectivity index (χ1) is 15.6. The molecule has 8 nitrogen and oxygen atoms in total. The molecule has 0 aliphatic carbocycles. The molecule has 2 amide bonds. The van der Waals surface area contributed by atoms with E-state index in [4.69, 9.17) is 5.73 Å². The van der Waals surface area contributed by atoms with Gasteiger partial charge in [-0.2, -0.15) is 18.3 Å². The summed E-state index contributed by atoms with van der Waals surface area (Å²) in [5, 5.41) is 6.18. The third-order valence-corrected chi connectivity index (χ3v) is 4.60. The van der Waals surface area contributed by atoms with Gasteiger partial charge < -0.3 is 15.8 Å². The van der Waals surface area contributed by atoms with Crippen molar-refractivity contribution in [1.29, 1.82) is 0 Å². The van der Waals surface area contributed by atoms with Crippen LogP contribution in [0.1, 0.15) is 44.9 Å². The lowest BCUT2D eigenvalue weighted by molar-refractivity contribution is -0.143. The Kier molecular flexibility index (Phi) is 6.80. The Labute approximate surface area is 186 Å². The minimum Gasteiger partial charge on any atom is -0.462 e. The number of nitrogens with zero attached hydrogens (tertiary/aromatic N) is 2. The number of ether oxygens (including phenoxy) is 1. The first-order valence-electron chi connectivity index (χ1n) is 9.71. The van der Waals surface area contributed by atoms with Gasteiger partial charge in [0.15, 0.2) is 5.69 Å². The van der Waals surface area contributed by atoms with Crippen molar-refractivity contribution in [2.75, 3.05) is 6.61 Å². The van der Waals surface area contributed by atoms with Crippen molar-refractivity contribution in [3.05, 3.63) is 83.2 Å². The van der Waals surface area contributed by atoms with E-state index in [0.717, 1.165) is 6.20 Å². The lowest BCUT2D eigenvalue weighted by Gasteiger charge is -2.16. The number of benzene rings is 2. The summed E-state index contributed by atoms with van der Waals surface area (Å²) in [4.78, 5) is 36.3. The van der Waals surface area contributed by atoms with E-state index in [9.17, 15) is 27.6 Å². The lowest BCUT2D eigenvalue weighted by atomic mass is 10.1. The van der Waals surface area contributed by atoms with Crippen molar-refractivity contribution in [3.63, 3.8) is 0 Å². The van der Waals surface area contributed by atoms with E-state index in [1.807, 2.05) is 0 Å².